The van der Waals surface area contributed by atoms with Crippen LogP contribution in [0.4, 0.5) is 10.1 Å². The number of anilines is 1. The van der Waals surface area contributed by atoms with Crippen molar-refractivity contribution in [3.8, 4) is 0 Å². The van der Waals surface area contributed by atoms with Crippen molar-refractivity contribution in [1.29, 1.82) is 0 Å². The quantitative estimate of drug-likeness (QED) is 0.898. The van der Waals surface area contributed by atoms with Gasteiger partial charge in [0.15, 0.2) is 0 Å². The summed E-state index contributed by atoms with van der Waals surface area (Å²) < 4.78 is 13.0. The fourth-order valence-electron chi connectivity index (χ4n) is 3.45. The number of halogens is 1. The third kappa shape index (κ3) is 4.17. The van der Waals surface area contributed by atoms with Crippen LogP contribution in [0.5, 0.6) is 0 Å². The molecule has 1 atom stereocenters. The second-order valence-electron chi connectivity index (χ2n) is 6.31. The maximum Gasteiger partial charge on any atom is 0.123 e. The van der Waals surface area contributed by atoms with Gasteiger partial charge in [-0.1, -0.05) is 0 Å². The van der Waals surface area contributed by atoms with Gasteiger partial charge in [0.25, 0.3) is 0 Å². The summed E-state index contributed by atoms with van der Waals surface area (Å²) in [5.74, 6) is 0.754. The van der Waals surface area contributed by atoms with E-state index in [0.717, 1.165) is 37.8 Å². The van der Waals surface area contributed by atoms with Gasteiger partial charge in [0.1, 0.15) is 5.82 Å². The molecule has 1 unspecified atom stereocenters. The van der Waals surface area contributed by atoms with E-state index in [1.54, 1.807) is 12.1 Å². The fraction of sp³-hybridized carbons (Fsp3) is 0.647. The van der Waals surface area contributed by atoms with Crippen molar-refractivity contribution in [2.45, 2.75) is 19.3 Å². The summed E-state index contributed by atoms with van der Waals surface area (Å²) in [6, 6.07) is 6.88. The largest absolute Gasteiger partial charge is 0.369 e. The topological polar surface area (TPSA) is 18.5 Å². The molecule has 2 aliphatic rings. The molecule has 0 radical (unpaired) electrons. The first-order chi connectivity index (χ1) is 10.3. The van der Waals surface area contributed by atoms with Gasteiger partial charge in [0, 0.05) is 31.9 Å². The lowest BCUT2D eigenvalue weighted by Gasteiger charge is -2.36. The van der Waals surface area contributed by atoms with Crippen LogP contribution in [0.1, 0.15) is 19.3 Å². The van der Waals surface area contributed by atoms with Crippen LogP contribution >= 0.6 is 0 Å². The van der Waals surface area contributed by atoms with Gasteiger partial charge in [0.05, 0.1) is 0 Å². The third-order valence-corrected chi connectivity index (χ3v) is 4.81. The molecule has 2 fully saturated rings. The Morgan fingerprint density at radius 3 is 2.52 bits per heavy atom. The highest BCUT2D eigenvalue weighted by Crippen LogP contribution is 2.18. The number of benzene rings is 1. The average Bonchev–Trinajstić information content (AvgIpc) is 3.02. The molecule has 2 aliphatic heterocycles. The SMILES string of the molecule is Fc1ccc(N2CCN(CCCC3CCNC3)CC2)cc1. The van der Waals surface area contributed by atoms with Crippen molar-refractivity contribution in [1.82, 2.24) is 10.2 Å². The van der Waals surface area contributed by atoms with Crippen LogP contribution in [0.25, 0.3) is 0 Å². The summed E-state index contributed by atoms with van der Waals surface area (Å²) in [7, 11) is 0. The van der Waals surface area contributed by atoms with E-state index in [-0.39, 0.29) is 5.82 Å². The molecule has 0 aromatic heterocycles. The van der Waals surface area contributed by atoms with E-state index >= 15 is 0 Å². The van der Waals surface area contributed by atoms with E-state index in [4.69, 9.17) is 0 Å². The number of nitrogens with one attached hydrogen (secondary N) is 1. The van der Waals surface area contributed by atoms with Crippen LogP contribution in [0.3, 0.4) is 0 Å². The van der Waals surface area contributed by atoms with E-state index in [2.05, 4.69) is 15.1 Å². The Hall–Kier alpha value is -1.13. The molecule has 0 bridgehead atoms. The molecule has 21 heavy (non-hydrogen) atoms. The van der Waals surface area contributed by atoms with E-state index in [0.29, 0.717) is 0 Å². The summed E-state index contributed by atoms with van der Waals surface area (Å²) in [4.78, 5) is 4.93. The lowest BCUT2D eigenvalue weighted by atomic mass is 10.0. The molecule has 3 nitrogen and oxygen atoms in total. The van der Waals surface area contributed by atoms with Crippen molar-refractivity contribution in [2.24, 2.45) is 5.92 Å². The predicted molar refractivity (Wildman–Crippen MR) is 85.3 cm³/mol. The van der Waals surface area contributed by atoms with Gasteiger partial charge in [-0.05, 0) is 69.1 Å². The molecule has 0 amide bonds. The van der Waals surface area contributed by atoms with Crippen molar-refractivity contribution in [2.75, 3.05) is 50.7 Å². The second-order valence-corrected chi connectivity index (χ2v) is 6.31. The van der Waals surface area contributed by atoms with Crippen LogP contribution < -0.4 is 10.2 Å². The Morgan fingerprint density at radius 1 is 1.10 bits per heavy atom. The minimum absolute atomic E-state index is 0.154. The van der Waals surface area contributed by atoms with Crippen LogP contribution in [-0.2, 0) is 0 Å². The van der Waals surface area contributed by atoms with Gasteiger partial charge in [-0.15, -0.1) is 0 Å². The summed E-state index contributed by atoms with van der Waals surface area (Å²) in [5.41, 5.74) is 1.15. The van der Waals surface area contributed by atoms with Gasteiger partial charge in [0.2, 0.25) is 0 Å². The zero-order valence-electron chi connectivity index (χ0n) is 12.7. The van der Waals surface area contributed by atoms with Crippen molar-refractivity contribution >= 4 is 5.69 Å². The van der Waals surface area contributed by atoms with Crippen molar-refractivity contribution in [3.63, 3.8) is 0 Å². The molecule has 1 aromatic carbocycles. The molecule has 3 rings (SSSR count). The lowest BCUT2D eigenvalue weighted by Crippen LogP contribution is -2.46. The number of nitrogens with zero attached hydrogens (tertiary/aromatic N) is 2. The fourth-order valence-corrected chi connectivity index (χ4v) is 3.45. The van der Waals surface area contributed by atoms with Crippen molar-refractivity contribution in [3.05, 3.63) is 30.1 Å². The normalized spacial score (nSPS) is 23.7. The summed E-state index contributed by atoms with van der Waals surface area (Å²) in [6.45, 7) is 8.01. The third-order valence-electron chi connectivity index (χ3n) is 4.81. The van der Waals surface area contributed by atoms with Gasteiger partial charge in [-0.2, -0.15) is 0 Å². The maximum absolute atomic E-state index is 13.0. The van der Waals surface area contributed by atoms with Gasteiger partial charge in [-0.25, -0.2) is 4.39 Å². The summed E-state index contributed by atoms with van der Waals surface area (Å²) in [5, 5.41) is 3.44. The minimum Gasteiger partial charge on any atom is -0.369 e. The molecule has 4 heteroatoms. The molecular formula is C17H26FN3. The first-order valence-corrected chi connectivity index (χ1v) is 8.25. The van der Waals surface area contributed by atoms with Crippen LogP contribution in [0.2, 0.25) is 0 Å². The first-order valence-electron chi connectivity index (χ1n) is 8.25. The van der Waals surface area contributed by atoms with Gasteiger partial charge < -0.3 is 10.2 Å². The predicted octanol–water partition coefficient (Wildman–Crippen LogP) is 2.34. The van der Waals surface area contributed by atoms with Crippen molar-refractivity contribution < 1.29 is 4.39 Å². The maximum atomic E-state index is 13.0. The summed E-state index contributed by atoms with van der Waals surface area (Å²) in [6.07, 6.45) is 4.05. The molecule has 0 spiro atoms. The molecule has 0 saturated carbocycles. The zero-order valence-corrected chi connectivity index (χ0v) is 12.7. The Morgan fingerprint density at radius 2 is 1.86 bits per heavy atom. The monoisotopic (exact) mass is 291 g/mol. The molecule has 116 valence electrons. The highest BCUT2D eigenvalue weighted by atomic mass is 19.1. The van der Waals surface area contributed by atoms with Gasteiger partial charge in [-0.3, -0.25) is 4.90 Å². The Kier molecular flexibility index (Phi) is 5.09. The van der Waals surface area contributed by atoms with Crippen LogP contribution in [0, 0.1) is 11.7 Å². The highest BCUT2D eigenvalue weighted by Gasteiger charge is 2.18. The Labute approximate surface area is 127 Å². The first kappa shape index (κ1) is 14.8. The lowest BCUT2D eigenvalue weighted by molar-refractivity contribution is 0.247. The Balaban J connectivity index is 1.37. The Bertz CT molecular complexity index is 420. The molecule has 0 aliphatic carbocycles. The smallest absolute Gasteiger partial charge is 0.123 e. The van der Waals surface area contributed by atoms with E-state index in [9.17, 15) is 4.39 Å². The number of piperazine rings is 1. The molecule has 1 aromatic rings. The van der Waals surface area contributed by atoms with E-state index in [1.165, 1.54) is 38.9 Å². The standard InChI is InChI=1S/C17H26FN3/c18-16-3-5-17(6-4-16)21-12-10-20(11-13-21)9-1-2-15-7-8-19-14-15/h3-6,15,19H,1-2,7-14H2. The van der Waals surface area contributed by atoms with E-state index < -0.39 is 0 Å². The number of rotatable bonds is 5. The molecule has 1 N–H and O–H groups in total. The number of hydrogen-bond acceptors (Lipinski definition) is 3. The molecule has 2 heterocycles. The molecular weight excluding hydrogens is 265 g/mol. The van der Waals surface area contributed by atoms with Gasteiger partial charge >= 0.3 is 0 Å². The van der Waals surface area contributed by atoms with Crippen LogP contribution in [0.15, 0.2) is 24.3 Å². The van der Waals surface area contributed by atoms with E-state index in [1.807, 2.05) is 12.1 Å². The van der Waals surface area contributed by atoms with Crippen LogP contribution in [-0.4, -0.2) is 50.7 Å². The average molecular weight is 291 g/mol. The zero-order chi connectivity index (χ0) is 14.5. The highest BCUT2D eigenvalue weighted by molar-refractivity contribution is 5.46. The number of hydrogen-bond donors (Lipinski definition) is 1. The minimum atomic E-state index is -0.154. The second kappa shape index (κ2) is 7.23. The summed E-state index contributed by atoms with van der Waals surface area (Å²) >= 11 is 0. The molecule has 2 saturated heterocycles.